The SMILES string of the molecule is CCC(=O)N1C[C@H]2C[C@@H]1C2NC(=O)Nc1ccc(OC(F)(F)F)cc1. The van der Waals surface area contributed by atoms with Crippen LogP contribution in [0.3, 0.4) is 0 Å². The minimum Gasteiger partial charge on any atom is -0.406 e. The first-order valence-corrected chi connectivity index (χ1v) is 7.99. The van der Waals surface area contributed by atoms with Crippen LogP contribution < -0.4 is 15.4 Å². The molecule has 1 saturated carbocycles. The standard InChI is InChI=1S/C16H18F3N3O3/c1-2-13(23)22-8-9-7-12(22)14(9)21-15(24)20-10-3-5-11(6-4-10)25-16(17,18)19/h3-6,9,12,14H,2,7-8H2,1H3,(H2,20,21,24)/t9-,12-,14?/m1/s1. The zero-order valence-electron chi connectivity index (χ0n) is 13.5. The van der Waals surface area contributed by atoms with Crippen molar-refractivity contribution in [3.05, 3.63) is 24.3 Å². The number of nitrogens with one attached hydrogen (secondary N) is 2. The summed E-state index contributed by atoms with van der Waals surface area (Å²) in [7, 11) is 0. The maximum Gasteiger partial charge on any atom is 0.573 e. The van der Waals surface area contributed by atoms with Crippen molar-refractivity contribution >= 4 is 17.6 Å². The number of ether oxygens (including phenoxy) is 1. The van der Waals surface area contributed by atoms with Crippen molar-refractivity contribution in [2.75, 3.05) is 11.9 Å². The molecular formula is C16H18F3N3O3. The largest absolute Gasteiger partial charge is 0.573 e. The maximum atomic E-state index is 12.1. The van der Waals surface area contributed by atoms with Crippen LogP contribution in [0.1, 0.15) is 19.8 Å². The van der Waals surface area contributed by atoms with Gasteiger partial charge in [-0.3, -0.25) is 4.79 Å². The van der Waals surface area contributed by atoms with Gasteiger partial charge in [-0.1, -0.05) is 6.92 Å². The summed E-state index contributed by atoms with van der Waals surface area (Å²) >= 11 is 0. The molecule has 3 amide bonds. The third-order valence-electron chi connectivity index (χ3n) is 4.56. The van der Waals surface area contributed by atoms with Crippen LogP contribution in [0.25, 0.3) is 0 Å². The number of anilines is 1. The number of amides is 3. The van der Waals surface area contributed by atoms with E-state index < -0.39 is 12.4 Å². The van der Waals surface area contributed by atoms with Crippen LogP contribution in [0, 0.1) is 5.92 Å². The molecule has 0 spiro atoms. The van der Waals surface area contributed by atoms with Crippen LogP contribution in [0.5, 0.6) is 5.75 Å². The van der Waals surface area contributed by atoms with Gasteiger partial charge in [0.15, 0.2) is 0 Å². The number of carbonyl (C=O) groups is 2. The first-order valence-electron chi connectivity index (χ1n) is 7.99. The van der Waals surface area contributed by atoms with Gasteiger partial charge >= 0.3 is 12.4 Å². The van der Waals surface area contributed by atoms with Crippen molar-refractivity contribution in [1.29, 1.82) is 0 Å². The van der Waals surface area contributed by atoms with E-state index in [1.54, 1.807) is 11.8 Å². The molecule has 136 valence electrons. The second-order valence-electron chi connectivity index (χ2n) is 6.16. The second-order valence-corrected chi connectivity index (χ2v) is 6.16. The fourth-order valence-electron chi connectivity index (χ4n) is 3.38. The van der Waals surface area contributed by atoms with Crippen molar-refractivity contribution in [1.82, 2.24) is 10.2 Å². The van der Waals surface area contributed by atoms with E-state index in [2.05, 4.69) is 15.4 Å². The van der Waals surface area contributed by atoms with Gasteiger partial charge in [-0.15, -0.1) is 13.2 Å². The van der Waals surface area contributed by atoms with Crippen molar-refractivity contribution in [3.8, 4) is 5.75 Å². The Morgan fingerprint density at radius 1 is 1.28 bits per heavy atom. The number of hydrogen-bond acceptors (Lipinski definition) is 3. The quantitative estimate of drug-likeness (QED) is 0.870. The molecule has 2 aliphatic heterocycles. The molecule has 3 aliphatic rings. The summed E-state index contributed by atoms with van der Waals surface area (Å²) in [5.41, 5.74) is 0.347. The Morgan fingerprint density at radius 3 is 2.56 bits per heavy atom. The molecule has 3 atom stereocenters. The highest BCUT2D eigenvalue weighted by atomic mass is 19.4. The van der Waals surface area contributed by atoms with Crippen molar-refractivity contribution in [2.45, 2.75) is 38.2 Å². The van der Waals surface area contributed by atoms with Gasteiger partial charge in [-0.25, -0.2) is 4.79 Å². The summed E-state index contributed by atoms with van der Waals surface area (Å²) < 4.78 is 40.1. The van der Waals surface area contributed by atoms with Gasteiger partial charge in [0.05, 0.1) is 12.1 Å². The molecule has 3 fully saturated rings. The van der Waals surface area contributed by atoms with Crippen LogP contribution in [0.15, 0.2) is 24.3 Å². The number of urea groups is 1. The Morgan fingerprint density at radius 2 is 1.96 bits per heavy atom. The number of hydrogen-bond donors (Lipinski definition) is 2. The lowest BCUT2D eigenvalue weighted by molar-refractivity contribution is -0.274. The van der Waals surface area contributed by atoms with Gasteiger partial charge in [0.1, 0.15) is 5.75 Å². The number of rotatable bonds is 4. The summed E-state index contributed by atoms with van der Waals surface area (Å²) in [6.07, 6.45) is -3.42. The van der Waals surface area contributed by atoms with Crippen LogP contribution in [-0.4, -0.2) is 41.8 Å². The number of carbonyl (C=O) groups excluding carboxylic acids is 2. The van der Waals surface area contributed by atoms with E-state index in [0.29, 0.717) is 18.7 Å². The van der Waals surface area contributed by atoms with Gasteiger partial charge in [0.25, 0.3) is 0 Å². The molecule has 2 N–H and O–H groups in total. The van der Waals surface area contributed by atoms with Gasteiger partial charge in [0, 0.05) is 24.6 Å². The first kappa shape index (κ1) is 17.4. The van der Waals surface area contributed by atoms with E-state index in [9.17, 15) is 22.8 Å². The summed E-state index contributed by atoms with van der Waals surface area (Å²) in [6, 6.07) is 4.39. The molecule has 25 heavy (non-hydrogen) atoms. The summed E-state index contributed by atoms with van der Waals surface area (Å²) in [4.78, 5) is 25.7. The molecule has 1 aromatic carbocycles. The molecule has 2 saturated heterocycles. The summed E-state index contributed by atoms with van der Waals surface area (Å²) in [6.45, 7) is 2.46. The smallest absolute Gasteiger partial charge is 0.406 e. The highest BCUT2D eigenvalue weighted by molar-refractivity contribution is 5.90. The minimum atomic E-state index is -4.75. The van der Waals surface area contributed by atoms with E-state index in [4.69, 9.17) is 0 Å². The van der Waals surface area contributed by atoms with Gasteiger partial charge < -0.3 is 20.3 Å². The Bertz CT molecular complexity index is 663. The summed E-state index contributed by atoms with van der Waals surface area (Å²) in [5, 5.41) is 5.40. The van der Waals surface area contributed by atoms with Crippen LogP contribution in [-0.2, 0) is 4.79 Å². The lowest BCUT2D eigenvalue weighted by atomic mass is 9.80. The monoisotopic (exact) mass is 357 g/mol. The number of halogens is 3. The molecule has 1 aromatic rings. The molecule has 0 aromatic heterocycles. The molecule has 1 unspecified atom stereocenters. The van der Waals surface area contributed by atoms with E-state index in [0.717, 1.165) is 18.6 Å². The Kier molecular flexibility index (Phi) is 4.49. The fraction of sp³-hybridized carbons (Fsp3) is 0.500. The number of benzene rings is 1. The van der Waals surface area contributed by atoms with Gasteiger partial charge in [-0.05, 0) is 30.7 Å². The van der Waals surface area contributed by atoms with E-state index in [-0.39, 0.29) is 29.7 Å². The number of nitrogens with zero attached hydrogens (tertiary/aromatic N) is 1. The molecule has 4 rings (SSSR count). The fourth-order valence-corrected chi connectivity index (χ4v) is 3.38. The Labute approximate surface area is 142 Å². The van der Waals surface area contributed by atoms with Crippen LogP contribution >= 0.6 is 0 Å². The third kappa shape index (κ3) is 3.80. The maximum absolute atomic E-state index is 12.1. The molecular weight excluding hydrogens is 339 g/mol. The lowest BCUT2D eigenvalue weighted by Gasteiger charge is -2.36. The predicted octanol–water partition coefficient (Wildman–Crippen LogP) is 2.72. The van der Waals surface area contributed by atoms with Crippen molar-refractivity contribution < 1.29 is 27.5 Å². The normalized spacial score (nSPS) is 24.5. The number of fused-ring (bicyclic) bond motifs is 1. The van der Waals surface area contributed by atoms with Crippen LogP contribution in [0.4, 0.5) is 23.7 Å². The molecule has 9 heteroatoms. The first-order chi connectivity index (χ1) is 11.8. The topological polar surface area (TPSA) is 70.7 Å². The van der Waals surface area contributed by atoms with Crippen molar-refractivity contribution in [3.63, 3.8) is 0 Å². The summed E-state index contributed by atoms with van der Waals surface area (Å²) in [5.74, 6) is -0.0181. The molecule has 0 radical (unpaired) electrons. The van der Waals surface area contributed by atoms with E-state index in [1.807, 2.05) is 0 Å². The van der Waals surface area contributed by atoms with Crippen molar-refractivity contribution in [2.24, 2.45) is 5.92 Å². The average Bonchev–Trinajstić information content (AvgIpc) is 3.12. The highest BCUT2D eigenvalue weighted by Crippen LogP contribution is 2.41. The third-order valence-corrected chi connectivity index (χ3v) is 4.56. The van der Waals surface area contributed by atoms with Crippen LogP contribution in [0.2, 0.25) is 0 Å². The molecule has 6 nitrogen and oxygen atoms in total. The van der Waals surface area contributed by atoms with E-state index in [1.165, 1.54) is 12.1 Å². The zero-order valence-corrected chi connectivity index (χ0v) is 13.5. The van der Waals surface area contributed by atoms with E-state index >= 15 is 0 Å². The molecule has 1 aliphatic carbocycles. The highest BCUT2D eigenvalue weighted by Gasteiger charge is 2.53. The predicted molar refractivity (Wildman–Crippen MR) is 83.0 cm³/mol. The zero-order chi connectivity index (χ0) is 18.2. The second kappa shape index (κ2) is 6.45. The lowest BCUT2D eigenvalue weighted by Crippen LogP contribution is -2.56. The molecule has 2 bridgehead atoms. The number of alkyl halides is 3. The Hall–Kier alpha value is -2.45. The minimum absolute atomic E-state index is 0.0331. The Balaban J connectivity index is 1.51. The van der Waals surface area contributed by atoms with Gasteiger partial charge in [0.2, 0.25) is 5.91 Å². The molecule has 2 heterocycles. The van der Waals surface area contributed by atoms with Gasteiger partial charge in [-0.2, -0.15) is 0 Å². The average molecular weight is 357 g/mol.